The van der Waals surface area contributed by atoms with E-state index in [1.165, 1.54) is 17.3 Å². The second-order valence-electron chi connectivity index (χ2n) is 11.6. The number of piperazine rings is 1. The van der Waals surface area contributed by atoms with Crippen LogP contribution in [0.1, 0.15) is 41.4 Å². The Balaban J connectivity index is 1.20. The Morgan fingerprint density at radius 3 is 2.54 bits per heavy atom. The summed E-state index contributed by atoms with van der Waals surface area (Å²) in [5.74, 6) is -0.793. The summed E-state index contributed by atoms with van der Waals surface area (Å²) < 4.78 is 20.4. The number of carbonyl (C=O) groups is 3. The zero-order valence-corrected chi connectivity index (χ0v) is 29.1. The summed E-state index contributed by atoms with van der Waals surface area (Å²) in [6, 6.07) is 15.0. The van der Waals surface area contributed by atoms with E-state index in [2.05, 4.69) is 25.4 Å². The van der Waals surface area contributed by atoms with Crippen LogP contribution in [0, 0.1) is 12.7 Å². The lowest BCUT2D eigenvalue weighted by atomic mass is 10.0. The number of halogens is 2. The summed E-state index contributed by atoms with van der Waals surface area (Å²) in [6.07, 6.45) is 3.34. The molecule has 238 valence electrons. The van der Waals surface area contributed by atoms with Crippen molar-refractivity contribution in [3.8, 4) is 16.9 Å². The van der Waals surface area contributed by atoms with Crippen LogP contribution >= 0.6 is 42.5 Å². The Hall–Kier alpha value is -4.07. The number of hydrogen-bond acceptors (Lipinski definition) is 10. The van der Waals surface area contributed by atoms with E-state index >= 15 is 0 Å². The Kier molecular flexibility index (Phi) is 8.75. The number of aromatic nitrogens is 3. The van der Waals surface area contributed by atoms with Crippen molar-refractivity contribution in [2.24, 2.45) is 5.11 Å². The molecule has 2 bridgehead atoms. The third kappa shape index (κ3) is 5.71. The average molecular weight is 848 g/mol. The molecule has 2 unspecified atom stereocenters. The van der Waals surface area contributed by atoms with E-state index in [9.17, 15) is 14.4 Å². The zero-order chi connectivity index (χ0) is 32.6. The van der Waals surface area contributed by atoms with E-state index < -0.39 is 81.4 Å². The average Bonchev–Trinajstić information content (AvgIpc) is 3.79. The Labute approximate surface area is 284 Å². The first-order valence-corrected chi connectivity index (χ1v) is 18.3. The third-order valence-electron chi connectivity index (χ3n) is 8.45. The smallest absolute Gasteiger partial charge is 0.292 e. The standard InChI is InChI=1S/C30H30I2N10O4/c1-29(2,31-33)24(39-26(43)22-11-17-7-3-5-9-21(17)38-22)27(44)42-15-19-12-30(42,40-35)16-41(19)28(45)25-36-13-18(14-37-25)20-8-4-6-10-23(20)46-32-34/h3-11,13-14,19,24,33-35,38H,12,15-16H2,1-2H3,(H,39,43)/t19?,24-,30?/m1/s1. The molecule has 46 heavy (non-hydrogen) atoms. The lowest BCUT2D eigenvalue weighted by Gasteiger charge is -2.42. The molecule has 2 saturated heterocycles. The fraction of sp³-hybridized carbons (Fsp3) is 0.300. The summed E-state index contributed by atoms with van der Waals surface area (Å²) in [7, 11) is 0. The van der Waals surface area contributed by atoms with Gasteiger partial charge in [-0.1, -0.05) is 36.4 Å². The molecule has 2 aliphatic heterocycles. The van der Waals surface area contributed by atoms with Gasteiger partial charge in [-0.05, 0) is 53.1 Å². The van der Waals surface area contributed by atoms with E-state index in [0.717, 1.165) is 16.5 Å². The molecule has 16 heteroatoms. The normalized spacial score (nSPS) is 19.7. The second-order valence-corrected chi connectivity index (χ2v) is 15.8. The molecule has 3 amide bonds. The number of alkyl halides is 1. The number of rotatable bonds is 10. The molecule has 2 fully saturated rings. The van der Waals surface area contributed by atoms with Crippen molar-refractivity contribution < 1.29 is 17.4 Å². The van der Waals surface area contributed by atoms with Crippen LogP contribution < -0.4 is 8.38 Å². The van der Waals surface area contributed by atoms with Crippen LogP contribution in [0.2, 0.25) is 0 Å². The van der Waals surface area contributed by atoms with E-state index in [1.54, 1.807) is 30.9 Å². The first-order chi connectivity index (χ1) is 22.1. The predicted octanol–water partition coefficient (Wildman–Crippen LogP) is 5.75. The van der Waals surface area contributed by atoms with Crippen LogP contribution in [0.15, 0.2) is 72.1 Å². The molecule has 0 spiro atoms. The van der Waals surface area contributed by atoms with Gasteiger partial charge in [-0.25, -0.2) is 19.1 Å². The highest BCUT2D eigenvalue weighted by Gasteiger charge is 2.60. The minimum absolute atomic E-state index is 0.0142. The number of benzene rings is 2. The fourth-order valence-electron chi connectivity index (χ4n) is 6.03. The number of amides is 3. The molecule has 4 heterocycles. The molecule has 4 aromatic rings. The molecule has 0 radical (unpaired) electrons. The highest BCUT2D eigenvalue weighted by molar-refractivity contribution is 14.2. The molecular weight excluding hydrogens is 818 g/mol. The number of aromatic amines is 1. The van der Waals surface area contributed by atoms with Crippen LogP contribution in [-0.2, 0) is 4.79 Å². The maximum absolute atomic E-state index is 14.2. The van der Waals surface area contributed by atoms with Gasteiger partial charge in [-0.15, -0.1) is 0 Å². The largest absolute Gasteiger partial charge is 0.419 e. The quantitative estimate of drug-likeness (QED) is 0.0764. The summed E-state index contributed by atoms with van der Waals surface area (Å²) in [6.45, 7) is 3.68. The minimum Gasteiger partial charge on any atom is -0.419 e. The van der Waals surface area contributed by atoms with Gasteiger partial charge in [0.05, 0.1) is 16.0 Å². The number of hydrogen-bond donors (Lipinski definition) is 5. The number of fused-ring (bicyclic) bond motifs is 3. The number of para-hydroxylation sites is 2. The van der Waals surface area contributed by atoms with E-state index in [4.69, 9.17) is 15.7 Å². The first kappa shape index (κ1) is 31.9. The fourth-order valence-corrected chi connectivity index (χ4v) is 7.38. The van der Waals surface area contributed by atoms with Crippen molar-refractivity contribution >= 4 is 71.1 Å². The molecule has 14 nitrogen and oxygen atoms in total. The van der Waals surface area contributed by atoms with Gasteiger partial charge in [0.1, 0.15) is 17.5 Å². The first-order valence-electron chi connectivity index (χ1n) is 14.2. The molecule has 2 aromatic heterocycles. The molecule has 3 atom stereocenters. The van der Waals surface area contributed by atoms with Gasteiger partial charge in [-0.2, -0.15) is 5.11 Å². The topological polar surface area (TPSA) is 204 Å². The minimum atomic E-state index is -1.30. The summed E-state index contributed by atoms with van der Waals surface area (Å²) in [5.41, 5.74) is 9.27. The van der Waals surface area contributed by atoms with Crippen LogP contribution in [0.25, 0.3) is 22.0 Å². The lowest BCUT2D eigenvalue weighted by Crippen LogP contribution is -2.63. The lowest BCUT2D eigenvalue weighted by molar-refractivity contribution is -0.139. The van der Waals surface area contributed by atoms with Crippen LogP contribution in [0.3, 0.4) is 0 Å². The van der Waals surface area contributed by atoms with Crippen molar-refractivity contribution in [3.63, 3.8) is 0 Å². The number of nitrogens with zero attached hydrogens (tertiary/aromatic N) is 5. The van der Waals surface area contributed by atoms with Gasteiger partial charge in [0, 0.05) is 47.4 Å². The van der Waals surface area contributed by atoms with E-state index in [0.29, 0.717) is 17.0 Å². The van der Waals surface area contributed by atoms with Gasteiger partial charge < -0.3 is 23.2 Å². The maximum atomic E-state index is 14.2. The highest BCUT2D eigenvalue weighted by atomic mass is 127. The van der Waals surface area contributed by atoms with Gasteiger partial charge in [0.2, 0.25) is 33.2 Å². The van der Waals surface area contributed by atoms with Gasteiger partial charge in [0.15, 0.2) is 5.66 Å². The third-order valence-corrected chi connectivity index (χ3v) is 11.2. The van der Waals surface area contributed by atoms with E-state index in [-0.39, 0.29) is 25.3 Å². The van der Waals surface area contributed by atoms with Crippen LogP contribution in [0.5, 0.6) is 5.75 Å². The highest BCUT2D eigenvalue weighted by Crippen LogP contribution is 2.43. The maximum Gasteiger partial charge on any atom is 0.292 e. The number of carbonyl (C=O) groups excluding carboxylic acids is 3. The van der Waals surface area contributed by atoms with Crippen molar-refractivity contribution in [1.29, 1.82) is 12.7 Å². The monoisotopic (exact) mass is 848 g/mol. The second kappa shape index (κ2) is 12.6. The van der Waals surface area contributed by atoms with Crippen molar-refractivity contribution in [2.45, 2.75) is 41.4 Å². The zero-order valence-electron chi connectivity index (χ0n) is 24.8. The van der Waals surface area contributed by atoms with Crippen molar-refractivity contribution in [2.75, 3.05) is 13.1 Å². The van der Waals surface area contributed by atoms with E-state index in [1.807, 2.05) is 42.5 Å². The summed E-state index contributed by atoms with van der Waals surface area (Å²) >= 11 is -2.44. The van der Waals surface area contributed by atoms with Crippen LogP contribution in [-0.4, -0.2) is 76.7 Å². The molecule has 2 aromatic carbocycles. The Bertz CT molecular complexity index is 1850. The molecule has 0 saturated carbocycles. The predicted molar refractivity (Wildman–Crippen MR) is 184 cm³/mol. The number of H-pyrrole nitrogens is 1. The Morgan fingerprint density at radius 1 is 1.13 bits per heavy atom. The summed E-state index contributed by atoms with van der Waals surface area (Å²) in [4.78, 5) is 55.9. The van der Waals surface area contributed by atoms with Gasteiger partial charge in [0.25, 0.3) is 11.8 Å². The van der Waals surface area contributed by atoms with Gasteiger partial charge in [-0.3, -0.25) is 17.9 Å². The molecule has 2 aliphatic rings. The summed E-state index contributed by atoms with van der Waals surface area (Å²) in [5, 5.41) is 7.62. The van der Waals surface area contributed by atoms with Gasteiger partial charge >= 0.3 is 0 Å². The molecule has 5 N–H and O–H groups in total. The molecule has 0 aliphatic carbocycles. The molecular formula is C30H30I2N10O4. The van der Waals surface area contributed by atoms with Crippen LogP contribution in [0.4, 0.5) is 0 Å². The SMILES string of the molecule is CC(C)(I=N)[C@H](NC(=O)c1cc2ccccc2[nH]1)C(=O)N1CC2CC1(N=N)CN2C(=O)c1ncc(-c2ccccc2OI=N)cn1. The number of nitrogens with one attached hydrogen (secondary N) is 5. The number of likely N-dealkylation sites (tertiary alicyclic amines) is 2. The van der Waals surface area contributed by atoms with Crippen molar-refractivity contribution in [1.82, 2.24) is 30.1 Å². The van der Waals surface area contributed by atoms with Crippen molar-refractivity contribution in [3.05, 3.63) is 78.5 Å². The molecule has 6 rings (SSSR count). The Morgan fingerprint density at radius 2 is 1.85 bits per heavy atom.